The molecule has 0 fully saturated rings. The molecule has 0 saturated heterocycles. The summed E-state index contributed by atoms with van der Waals surface area (Å²) in [6, 6.07) is 12.3. The summed E-state index contributed by atoms with van der Waals surface area (Å²) in [5.74, 6) is -0.260. The number of halogens is 1. The van der Waals surface area contributed by atoms with Gasteiger partial charge in [0, 0.05) is 0 Å². The van der Waals surface area contributed by atoms with Gasteiger partial charge >= 0.3 is 0 Å². The predicted molar refractivity (Wildman–Crippen MR) is 66.4 cm³/mol. The van der Waals surface area contributed by atoms with Gasteiger partial charge in [0.05, 0.1) is 0 Å². The SMILES string of the molecule is Cc1cc(F)cc(C)c1C(O)c1ccccc1. The molecule has 0 bridgehead atoms. The van der Waals surface area contributed by atoms with Crippen LogP contribution in [0.4, 0.5) is 4.39 Å². The summed E-state index contributed by atoms with van der Waals surface area (Å²) in [4.78, 5) is 0. The molecule has 1 unspecified atom stereocenters. The molecule has 0 heterocycles. The highest BCUT2D eigenvalue weighted by Gasteiger charge is 2.15. The van der Waals surface area contributed by atoms with Gasteiger partial charge in [0.2, 0.25) is 0 Å². The van der Waals surface area contributed by atoms with Crippen molar-refractivity contribution in [2.45, 2.75) is 20.0 Å². The molecule has 0 radical (unpaired) electrons. The molecule has 2 heteroatoms. The average Bonchev–Trinajstić information content (AvgIpc) is 2.28. The van der Waals surface area contributed by atoms with Crippen molar-refractivity contribution in [2.75, 3.05) is 0 Å². The standard InChI is InChI=1S/C15H15FO/c1-10-8-13(16)9-11(2)14(10)15(17)12-6-4-3-5-7-12/h3-9,15,17H,1-2H3. The number of aliphatic hydroxyl groups is 1. The molecule has 0 spiro atoms. The molecule has 0 amide bonds. The topological polar surface area (TPSA) is 20.2 Å². The van der Waals surface area contributed by atoms with Crippen LogP contribution in [0.5, 0.6) is 0 Å². The van der Waals surface area contributed by atoms with Crippen LogP contribution in [0.15, 0.2) is 42.5 Å². The number of hydrogen-bond acceptors (Lipinski definition) is 1. The van der Waals surface area contributed by atoms with Crippen molar-refractivity contribution in [2.24, 2.45) is 0 Å². The molecular formula is C15H15FO. The van der Waals surface area contributed by atoms with Gasteiger partial charge < -0.3 is 5.11 Å². The number of aryl methyl sites for hydroxylation is 2. The van der Waals surface area contributed by atoms with E-state index in [1.165, 1.54) is 12.1 Å². The van der Waals surface area contributed by atoms with E-state index < -0.39 is 6.10 Å². The third kappa shape index (κ3) is 2.37. The van der Waals surface area contributed by atoms with Crippen LogP contribution in [0.25, 0.3) is 0 Å². The van der Waals surface area contributed by atoms with Gasteiger partial charge in [-0.05, 0) is 48.2 Å². The van der Waals surface area contributed by atoms with Gasteiger partial charge in [0.1, 0.15) is 11.9 Å². The molecule has 0 aliphatic rings. The minimum atomic E-state index is -0.697. The van der Waals surface area contributed by atoms with Gasteiger partial charge in [-0.3, -0.25) is 0 Å². The summed E-state index contributed by atoms with van der Waals surface area (Å²) in [7, 11) is 0. The highest BCUT2D eigenvalue weighted by atomic mass is 19.1. The largest absolute Gasteiger partial charge is 0.384 e. The Balaban J connectivity index is 2.48. The predicted octanol–water partition coefficient (Wildman–Crippen LogP) is 3.52. The Morgan fingerprint density at radius 3 is 2.06 bits per heavy atom. The lowest BCUT2D eigenvalue weighted by Crippen LogP contribution is -2.05. The fraction of sp³-hybridized carbons (Fsp3) is 0.200. The highest BCUT2D eigenvalue weighted by molar-refractivity contribution is 5.40. The second-order valence-corrected chi connectivity index (χ2v) is 4.27. The number of rotatable bonds is 2. The van der Waals surface area contributed by atoms with Crippen molar-refractivity contribution in [1.82, 2.24) is 0 Å². The van der Waals surface area contributed by atoms with E-state index in [4.69, 9.17) is 0 Å². The lowest BCUT2D eigenvalue weighted by Gasteiger charge is -2.17. The summed E-state index contributed by atoms with van der Waals surface area (Å²) in [5, 5.41) is 10.3. The van der Waals surface area contributed by atoms with E-state index in [0.717, 1.165) is 22.3 Å². The van der Waals surface area contributed by atoms with Crippen molar-refractivity contribution in [1.29, 1.82) is 0 Å². The molecule has 17 heavy (non-hydrogen) atoms. The summed E-state index contributed by atoms with van der Waals surface area (Å²) in [6.07, 6.45) is -0.697. The minimum Gasteiger partial charge on any atom is -0.384 e. The van der Waals surface area contributed by atoms with Crippen LogP contribution in [0, 0.1) is 19.7 Å². The summed E-state index contributed by atoms with van der Waals surface area (Å²) in [5.41, 5.74) is 3.17. The van der Waals surface area contributed by atoms with E-state index in [-0.39, 0.29) is 5.82 Å². The Morgan fingerprint density at radius 1 is 1.00 bits per heavy atom. The zero-order valence-electron chi connectivity index (χ0n) is 9.94. The van der Waals surface area contributed by atoms with E-state index >= 15 is 0 Å². The zero-order valence-corrected chi connectivity index (χ0v) is 9.94. The van der Waals surface area contributed by atoms with Gasteiger partial charge in [0.15, 0.2) is 0 Å². The van der Waals surface area contributed by atoms with Crippen LogP contribution in [0.2, 0.25) is 0 Å². The normalized spacial score (nSPS) is 12.5. The second-order valence-electron chi connectivity index (χ2n) is 4.27. The Kier molecular flexibility index (Phi) is 3.25. The number of aliphatic hydroxyl groups excluding tert-OH is 1. The molecule has 0 saturated carbocycles. The third-order valence-corrected chi connectivity index (χ3v) is 2.95. The second kappa shape index (κ2) is 4.68. The lowest BCUT2D eigenvalue weighted by atomic mass is 9.93. The Bertz CT molecular complexity index is 497. The summed E-state index contributed by atoms with van der Waals surface area (Å²) in [6.45, 7) is 3.63. The van der Waals surface area contributed by atoms with E-state index in [1.54, 1.807) is 0 Å². The van der Waals surface area contributed by atoms with Crippen LogP contribution in [-0.2, 0) is 0 Å². The van der Waals surface area contributed by atoms with E-state index in [2.05, 4.69) is 0 Å². The maximum atomic E-state index is 13.2. The molecule has 2 aromatic rings. The van der Waals surface area contributed by atoms with Gasteiger partial charge in [-0.15, -0.1) is 0 Å². The molecule has 1 N–H and O–H groups in total. The van der Waals surface area contributed by atoms with E-state index in [9.17, 15) is 9.50 Å². The first-order valence-corrected chi connectivity index (χ1v) is 5.59. The fourth-order valence-corrected chi connectivity index (χ4v) is 2.16. The van der Waals surface area contributed by atoms with Crippen molar-refractivity contribution in [3.8, 4) is 0 Å². The van der Waals surface area contributed by atoms with Crippen molar-refractivity contribution >= 4 is 0 Å². The van der Waals surface area contributed by atoms with Gasteiger partial charge in [-0.2, -0.15) is 0 Å². The molecule has 2 aromatic carbocycles. The maximum absolute atomic E-state index is 13.2. The Labute approximate surface area is 101 Å². The molecule has 1 nitrogen and oxygen atoms in total. The van der Waals surface area contributed by atoms with Crippen LogP contribution in [-0.4, -0.2) is 5.11 Å². The fourth-order valence-electron chi connectivity index (χ4n) is 2.16. The highest BCUT2D eigenvalue weighted by Crippen LogP contribution is 2.28. The first-order valence-electron chi connectivity index (χ1n) is 5.59. The monoisotopic (exact) mass is 230 g/mol. The first kappa shape index (κ1) is 11.8. The number of hydrogen-bond donors (Lipinski definition) is 1. The van der Waals surface area contributed by atoms with Gasteiger partial charge in [0.25, 0.3) is 0 Å². The van der Waals surface area contributed by atoms with Crippen LogP contribution in [0.3, 0.4) is 0 Å². The van der Waals surface area contributed by atoms with Crippen LogP contribution in [0.1, 0.15) is 28.4 Å². The molecule has 0 aliphatic heterocycles. The molecular weight excluding hydrogens is 215 g/mol. The van der Waals surface area contributed by atoms with Gasteiger partial charge in [-0.25, -0.2) is 4.39 Å². The molecule has 2 rings (SSSR count). The van der Waals surface area contributed by atoms with Gasteiger partial charge in [-0.1, -0.05) is 30.3 Å². The molecule has 0 aromatic heterocycles. The summed E-state index contributed by atoms with van der Waals surface area (Å²) >= 11 is 0. The lowest BCUT2D eigenvalue weighted by molar-refractivity contribution is 0.218. The summed E-state index contributed by atoms with van der Waals surface area (Å²) < 4.78 is 13.2. The molecule has 88 valence electrons. The quantitative estimate of drug-likeness (QED) is 0.836. The third-order valence-electron chi connectivity index (χ3n) is 2.95. The minimum absolute atomic E-state index is 0.260. The number of benzene rings is 2. The Hall–Kier alpha value is -1.67. The molecule has 1 atom stereocenters. The first-order chi connectivity index (χ1) is 8.09. The van der Waals surface area contributed by atoms with Crippen LogP contribution < -0.4 is 0 Å². The van der Waals surface area contributed by atoms with Crippen molar-refractivity contribution in [3.63, 3.8) is 0 Å². The van der Waals surface area contributed by atoms with Crippen molar-refractivity contribution in [3.05, 3.63) is 70.5 Å². The molecule has 0 aliphatic carbocycles. The zero-order chi connectivity index (χ0) is 12.4. The van der Waals surface area contributed by atoms with E-state index in [1.807, 2.05) is 44.2 Å². The van der Waals surface area contributed by atoms with E-state index in [0.29, 0.717) is 0 Å². The Morgan fingerprint density at radius 2 is 1.53 bits per heavy atom. The smallest absolute Gasteiger partial charge is 0.123 e. The average molecular weight is 230 g/mol. The maximum Gasteiger partial charge on any atom is 0.123 e. The van der Waals surface area contributed by atoms with Crippen molar-refractivity contribution < 1.29 is 9.50 Å². The van der Waals surface area contributed by atoms with Crippen LogP contribution >= 0.6 is 0 Å².